The highest BCUT2D eigenvalue weighted by Gasteiger charge is 2.22. The lowest BCUT2D eigenvalue weighted by atomic mass is 10.0. The van der Waals surface area contributed by atoms with Gasteiger partial charge in [-0.05, 0) is 30.3 Å². The fourth-order valence-corrected chi connectivity index (χ4v) is 3.25. The van der Waals surface area contributed by atoms with E-state index in [1.807, 2.05) is 6.07 Å². The molecule has 0 saturated heterocycles. The molecule has 3 N–H and O–H groups in total. The van der Waals surface area contributed by atoms with E-state index >= 15 is 0 Å². The van der Waals surface area contributed by atoms with Crippen LogP contribution in [0, 0.1) is 11.3 Å². The second-order valence-electron chi connectivity index (χ2n) is 6.91. The zero-order valence-corrected chi connectivity index (χ0v) is 17.5. The van der Waals surface area contributed by atoms with Gasteiger partial charge in [0.1, 0.15) is 0 Å². The molecule has 0 saturated carbocycles. The lowest BCUT2D eigenvalue weighted by Crippen LogP contribution is -2.15. The molecular formula is C23H15N5O6. The maximum Gasteiger partial charge on any atom is 0.411 e. The number of fused-ring (bicyclic) bond motifs is 1. The smallest absolute Gasteiger partial charge is 0.411 e. The Morgan fingerprint density at radius 3 is 2.62 bits per heavy atom. The van der Waals surface area contributed by atoms with Crippen molar-refractivity contribution in [1.29, 1.82) is 5.26 Å². The van der Waals surface area contributed by atoms with E-state index in [9.17, 15) is 19.5 Å². The van der Waals surface area contributed by atoms with Crippen LogP contribution >= 0.6 is 0 Å². The van der Waals surface area contributed by atoms with Gasteiger partial charge in [0.25, 0.3) is 5.91 Å². The van der Waals surface area contributed by atoms with Crippen molar-refractivity contribution < 1.29 is 28.8 Å². The molecule has 11 heteroatoms. The molecule has 0 radical (unpaired) electrons. The summed E-state index contributed by atoms with van der Waals surface area (Å²) in [6, 6.07) is 12.3. The lowest BCUT2D eigenvalue weighted by Gasteiger charge is -2.11. The van der Waals surface area contributed by atoms with Gasteiger partial charge < -0.3 is 19.7 Å². The van der Waals surface area contributed by atoms with Gasteiger partial charge in [-0.3, -0.25) is 15.1 Å². The Hall–Kier alpha value is -5.24. The van der Waals surface area contributed by atoms with Gasteiger partial charge in [-0.15, -0.1) is 0 Å². The maximum atomic E-state index is 13.0. The predicted molar refractivity (Wildman–Crippen MR) is 119 cm³/mol. The average Bonchev–Trinajstić information content (AvgIpc) is 3.27. The van der Waals surface area contributed by atoms with E-state index in [0.29, 0.717) is 22.2 Å². The molecule has 2 heterocycles. The van der Waals surface area contributed by atoms with E-state index < -0.39 is 18.0 Å². The van der Waals surface area contributed by atoms with Crippen LogP contribution in [0.3, 0.4) is 0 Å². The molecule has 4 aromatic rings. The number of methoxy groups -OCH3 is 1. The molecule has 0 aliphatic carbocycles. The molecular weight excluding hydrogens is 442 g/mol. The third-order valence-electron chi connectivity index (χ3n) is 4.85. The van der Waals surface area contributed by atoms with E-state index in [0.717, 1.165) is 6.07 Å². The molecule has 0 fully saturated rings. The van der Waals surface area contributed by atoms with Crippen LogP contribution < -0.4 is 10.6 Å². The number of benzene rings is 2. The van der Waals surface area contributed by atoms with Gasteiger partial charge >= 0.3 is 12.1 Å². The quantitative estimate of drug-likeness (QED) is 0.402. The number of carboxylic acid groups (broad SMARTS) is 1. The van der Waals surface area contributed by atoms with Gasteiger partial charge in [-0.25, -0.2) is 9.59 Å². The summed E-state index contributed by atoms with van der Waals surface area (Å²) in [5.74, 6) is -2.04. The Morgan fingerprint density at radius 2 is 1.94 bits per heavy atom. The monoisotopic (exact) mass is 457 g/mol. The number of anilines is 2. The number of aromatic carboxylic acids is 1. The van der Waals surface area contributed by atoms with E-state index in [1.165, 1.54) is 25.3 Å². The van der Waals surface area contributed by atoms with Crippen molar-refractivity contribution in [1.82, 2.24) is 10.1 Å². The zero-order chi connectivity index (χ0) is 24.2. The van der Waals surface area contributed by atoms with Crippen molar-refractivity contribution in [3.8, 4) is 17.2 Å². The lowest BCUT2D eigenvalue weighted by molar-refractivity contribution is 0.0698. The number of aromatic nitrogens is 2. The number of nitrogens with zero attached hydrogens (tertiary/aromatic N) is 3. The number of hydrogen-bond acceptors (Lipinski definition) is 8. The summed E-state index contributed by atoms with van der Waals surface area (Å²) in [7, 11) is 1.23. The van der Waals surface area contributed by atoms with Gasteiger partial charge in [-0.2, -0.15) is 5.26 Å². The molecule has 4 rings (SSSR count). The molecule has 0 atom stereocenters. The number of hydrogen-bond donors (Lipinski definition) is 3. The van der Waals surface area contributed by atoms with Crippen molar-refractivity contribution in [2.75, 3.05) is 17.7 Å². The van der Waals surface area contributed by atoms with Crippen LogP contribution in [0.2, 0.25) is 0 Å². The van der Waals surface area contributed by atoms with E-state index in [4.69, 9.17) is 9.78 Å². The Morgan fingerprint density at radius 1 is 1.12 bits per heavy atom. The van der Waals surface area contributed by atoms with E-state index in [-0.39, 0.29) is 28.1 Å². The second kappa shape index (κ2) is 9.09. The van der Waals surface area contributed by atoms with Gasteiger partial charge in [-0.1, -0.05) is 11.2 Å². The summed E-state index contributed by atoms with van der Waals surface area (Å²) in [6.45, 7) is 0. The van der Waals surface area contributed by atoms with Crippen LogP contribution in [-0.4, -0.2) is 40.3 Å². The molecule has 0 unspecified atom stereocenters. The largest absolute Gasteiger partial charge is 0.478 e. The highest BCUT2D eigenvalue weighted by Crippen LogP contribution is 2.34. The van der Waals surface area contributed by atoms with Crippen LogP contribution in [0.4, 0.5) is 16.2 Å². The molecule has 2 amide bonds. The first-order valence-corrected chi connectivity index (χ1v) is 9.69. The van der Waals surface area contributed by atoms with Crippen LogP contribution in [0.1, 0.15) is 26.4 Å². The van der Waals surface area contributed by atoms with Gasteiger partial charge in [0.2, 0.25) is 0 Å². The van der Waals surface area contributed by atoms with Crippen molar-refractivity contribution in [3.05, 3.63) is 71.7 Å². The summed E-state index contributed by atoms with van der Waals surface area (Å²) in [5, 5.41) is 27.7. The second-order valence-corrected chi connectivity index (χ2v) is 6.91. The first-order chi connectivity index (χ1) is 16.4. The molecule has 0 aliphatic heterocycles. The minimum atomic E-state index is -1.31. The number of pyridine rings is 1. The Balaban J connectivity index is 1.77. The molecule has 2 aromatic carbocycles. The molecule has 11 nitrogen and oxygen atoms in total. The summed E-state index contributed by atoms with van der Waals surface area (Å²) in [5.41, 5.74) is 1.47. The molecule has 34 heavy (non-hydrogen) atoms. The summed E-state index contributed by atoms with van der Waals surface area (Å²) < 4.78 is 9.96. The van der Waals surface area contributed by atoms with Gasteiger partial charge in [0.15, 0.2) is 11.3 Å². The minimum Gasteiger partial charge on any atom is -0.478 e. The van der Waals surface area contributed by atoms with E-state index in [1.54, 1.807) is 30.6 Å². The summed E-state index contributed by atoms with van der Waals surface area (Å²) in [6.07, 6.45) is 2.46. The molecule has 168 valence electrons. The first kappa shape index (κ1) is 22.0. The van der Waals surface area contributed by atoms with Crippen LogP contribution in [-0.2, 0) is 4.74 Å². The van der Waals surface area contributed by atoms with Crippen molar-refractivity contribution in [2.45, 2.75) is 0 Å². The Labute approximate surface area is 191 Å². The van der Waals surface area contributed by atoms with Gasteiger partial charge in [0.05, 0.1) is 41.1 Å². The number of amides is 2. The van der Waals surface area contributed by atoms with Crippen molar-refractivity contribution in [3.63, 3.8) is 0 Å². The van der Waals surface area contributed by atoms with Gasteiger partial charge in [0, 0.05) is 29.6 Å². The SMILES string of the molecule is COC(=O)Nc1cc2onc(C(=O)Nc3ccc(C#N)cc3C(=O)O)c2cc1-c1cccnc1. The zero-order valence-electron chi connectivity index (χ0n) is 17.5. The number of nitriles is 1. The van der Waals surface area contributed by atoms with Crippen molar-refractivity contribution >= 4 is 40.3 Å². The van der Waals surface area contributed by atoms with Crippen LogP contribution in [0.25, 0.3) is 22.1 Å². The molecule has 2 aromatic heterocycles. The average molecular weight is 457 g/mol. The Kier molecular flexibility index (Phi) is 5.88. The molecule has 0 aliphatic rings. The van der Waals surface area contributed by atoms with E-state index in [2.05, 4.69) is 25.5 Å². The van der Waals surface area contributed by atoms with Crippen molar-refractivity contribution in [2.24, 2.45) is 0 Å². The first-order valence-electron chi connectivity index (χ1n) is 9.69. The highest BCUT2D eigenvalue weighted by molar-refractivity contribution is 6.14. The number of ether oxygens (including phenoxy) is 1. The number of nitrogens with one attached hydrogen (secondary N) is 2. The number of rotatable bonds is 5. The fraction of sp³-hybridized carbons (Fsp3) is 0.0435. The normalized spacial score (nSPS) is 10.4. The minimum absolute atomic E-state index is 0.0101. The molecule has 0 spiro atoms. The topological polar surface area (TPSA) is 167 Å². The third-order valence-corrected chi connectivity index (χ3v) is 4.85. The number of carboxylic acids is 1. The number of carbonyl (C=O) groups excluding carboxylic acids is 2. The predicted octanol–water partition coefficient (Wildman–Crippen LogP) is 3.89. The third kappa shape index (κ3) is 4.23. The molecule has 0 bridgehead atoms. The maximum absolute atomic E-state index is 13.0. The van der Waals surface area contributed by atoms with Crippen LogP contribution in [0.15, 0.2) is 59.4 Å². The Bertz CT molecular complexity index is 1470. The standard InChI is InChI=1S/C23H15N5O6/c1-33-23(32)27-18-9-19-16(8-14(18)13-3-2-6-25-11-13)20(28-34-19)21(29)26-17-5-4-12(10-24)7-15(17)22(30)31/h2-9,11H,1H3,(H,26,29)(H,27,32)(H,30,31). The summed E-state index contributed by atoms with van der Waals surface area (Å²) in [4.78, 5) is 40.5. The summed E-state index contributed by atoms with van der Waals surface area (Å²) >= 11 is 0. The fourth-order valence-electron chi connectivity index (χ4n) is 3.25. The van der Waals surface area contributed by atoms with Crippen LogP contribution in [0.5, 0.6) is 0 Å². The number of carbonyl (C=O) groups is 3. The highest BCUT2D eigenvalue weighted by atomic mass is 16.5.